The molecule has 9 heteroatoms. The molecule has 2 aromatic carbocycles. The molecular formula is C21H22FN3O4S. The van der Waals surface area contributed by atoms with Crippen molar-refractivity contribution in [3.8, 4) is 17.2 Å². The molecule has 0 saturated heterocycles. The Balaban J connectivity index is 2.06. The number of carbonyl (C=O) groups is 1. The van der Waals surface area contributed by atoms with Gasteiger partial charge in [-0.3, -0.25) is 4.79 Å². The highest BCUT2D eigenvalue weighted by Crippen LogP contribution is 2.41. The van der Waals surface area contributed by atoms with Crippen LogP contribution in [0.4, 0.5) is 10.1 Å². The van der Waals surface area contributed by atoms with Gasteiger partial charge in [0.05, 0.1) is 38.6 Å². The number of allylic oxidation sites excluding steroid dienone is 1. The Morgan fingerprint density at radius 3 is 2.30 bits per heavy atom. The van der Waals surface area contributed by atoms with Crippen LogP contribution in [-0.2, 0) is 4.79 Å². The van der Waals surface area contributed by atoms with E-state index in [-0.39, 0.29) is 5.69 Å². The zero-order chi connectivity index (χ0) is 21.8. The van der Waals surface area contributed by atoms with Crippen molar-refractivity contribution in [1.29, 1.82) is 0 Å². The Morgan fingerprint density at radius 1 is 1.10 bits per heavy atom. The fourth-order valence-electron chi connectivity index (χ4n) is 3.27. The van der Waals surface area contributed by atoms with Crippen LogP contribution in [0.3, 0.4) is 0 Å². The van der Waals surface area contributed by atoms with E-state index in [4.69, 9.17) is 26.4 Å². The fraction of sp³-hybridized carbons (Fsp3) is 0.238. The molecule has 0 saturated carbocycles. The van der Waals surface area contributed by atoms with E-state index >= 15 is 0 Å². The SMILES string of the molecule is COc1cc([C@@H]2NC(=S)NC(C)=C2C(=O)Nc2ccccc2F)cc(OC)c1OC. The lowest BCUT2D eigenvalue weighted by molar-refractivity contribution is -0.113. The van der Waals surface area contributed by atoms with Gasteiger partial charge in [0.1, 0.15) is 5.82 Å². The zero-order valence-corrected chi connectivity index (χ0v) is 17.8. The van der Waals surface area contributed by atoms with E-state index in [1.165, 1.54) is 33.5 Å². The van der Waals surface area contributed by atoms with Crippen LogP contribution < -0.4 is 30.2 Å². The molecule has 0 spiro atoms. The molecule has 1 atom stereocenters. The second kappa shape index (κ2) is 9.00. The molecule has 0 unspecified atom stereocenters. The molecule has 1 heterocycles. The van der Waals surface area contributed by atoms with Crippen molar-refractivity contribution in [2.24, 2.45) is 0 Å². The van der Waals surface area contributed by atoms with Gasteiger partial charge in [-0.1, -0.05) is 12.1 Å². The predicted octanol–water partition coefficient (Wildman–Crippen LogP) is 3.28. The van der Waals surface area contributed by atoms with Gasteiger partial charge in [-0.25, -0.2) is 4.39 Å². The summed E-state index contributed by atoms with van der Waals surface area (Å²) in [5.41, 5.74) is 1.64. The number of methoxy groups -OCH3 is 3. The molecule has 30 heavy (non-hydrogen) atoms. The summed E-state index contributed by atoms with van der Waals surface area (Å²) >= 11 is 5.29. The largest absolute Gasteiger partial charge is 0.493 e. The summed E-state index contributed by atoms with van der Waals surface area (Å²) in [4.78, 5) is 13.1. The first-order chi connectivity index (χ1) is 14.4. The van der Waals surface area contributed by atoms with Crippen molar-refractivity contribution in [2.75, 3.05) is 26.6 Å². The minimum Gasteiger partial charge on any atom is -0.493 e. The molecule has 0 fully saturated rings. The molecule has 0 aliphatic carbocycles. The van der Waals surface area contributed by atoms with Crippen LogP contribution in [0.5, 0.6) is 17.2 Å². The lowest BCUT2D eigenvalue weighted by atomic mass is 9.94. The van der Waals surface area contributed by atoms with E-state index in [1.54, 1.807) is 31.2 Å². The van der Waals surface area contributed by atoms with E-state index in [9.17, 15) is 9.18 Å². The minimum atomic E-state index is -0.626. The number of anilines is 1. The maximum atomic E-state index is 14.0. The Labute approximate surface area is 179 Å². The number of hydrogen-bond donors (Lipinski definition) is 3. The van der Waals surface area contributed by atoms with Crippen molar-refractivity contribution in [3.05, 3.63) is 59.0 Å². The maximum absolute atomic E-state index is 14.0. The summed E-state index contributed by atoms with van der Waals surface area (Å²) in [6, 6.07) is 8.80. The molecular weight excluding hydrogens is 409 g/mol. The Bertz CT molecular complexity index is 1000. The van der Waals surface area contributed by atoms with Gasteiger partial charge in [-0.15, -0.1) is 0 Å². The second-order valence-electron chi connectivity index (χ2n) is 6.46. The van der Waals surface area contributed by atoms with Gasteiger partial charge in [0, 0.05) is 5.70 Å². The van der Waals surface area contributed by atoms with Crippen LogP contribution in [0.1, 0.15) is 18.5 Å². The summed E-state index contributed by atoms with van der Waals surface area (Å²) < 4.78 is 30.3. The summed E-state index contributed by atoms with van der Waals surface area (Å²) in [5, 5.41) is 9.02. The number of carbonyl (C=O) groups excluding carboxylic acids is 1. The molecule has 0 aromatic heterocycles. The molecule has 3 rings (SSSR count). The average Bonchev–Trinajstić information content (AvgIpc) is 2.73. The van der Waals surface area contributed by atoms with Crippen molar-refractivity contribution in [2.45, 2.75) is 13.0 Å². The lowest BCUT2D eigenvalue weighted by Gasteiger charge is -2.31. The predicted molar refractivity (Wildman–Crippen MR) is 115 cm³/mol. The van der Waals surface area contributed by atoms with Gasteiger partial charge in [-0.05, 0) is 49.0 Å². The summed E-state index contributed by atoms with van der Waals surface area (Å²) in [5.74, 6) is 0.298. The van der Waals surface area contributed by atoms with Crippen LogP contribution in [-0.4, -0.2) is 32.3 Å². The average molecular weight is 431 g/mol. The monoisotopic (exact) mass is 431 g/mol. The number of para-hydroxylation sites is 1. The van der Waals surface area contributed by atoms with Gasteiger partial charge in [0.15, 0.2) is 16.6 Å². The van der Waals surface area contributed by atoms with Crippen LogP contribution >= 0.6 is 12.2 Å². The first-order valence-electron chi connectivity index (χ1n) is 9.03. The third kappa shape index (κ3) is 4.16. The minimum absolute atomic E-state index is 0.0830. The van der Waals surface area contributed by atoms with Crippen LogP contribution in [0, 0.1) is 5.82 Å². The lowest BCUT2D eigenvalue weighted by Crippen LogP contribution is -2.45. The fourth-order valence-corrected chi connectivity index (χ4v) is 3.54. The third-order valence-electron chi connectivity index (χ3n) is 4.66. The molecule has 1 aliphatic heterocycles. The summed E-state index contributed by atoms with van der Waals surface area (Å²) in [7, 11) is 4.53. The van der Waals surface area contributed by atoms with Crippen molar-refractivity contribution < 1.29 is 23.4 Å². The Morgan fingerprint density at radius 2 is 1.73 bits per heavy atom. The van der Waals surface area contributed by atoms with E-state index in [2.05, 4.69) is 16.0 Å². The number of amides is 1. The van der Waals surface area contributed by atoms with E-state index in [0.717, 1.165) is 0 Å². The third-order valence-corrected chi connectivity index (χ3v) is 4.88. The number of ether oxygens (including phenoxy) is 3. The number of thiocarbonyl (C=S) groups is 1. The Kier molecular flexibility index (Phi) is 6.41. The van der Waals surface area contributed by atoms with Gasteiger partial charge in [-0.2, -0.15) is 0 Å². The van der Waals surface area contributed by atoms with Crippen LogP contribution in [0.25, 0.3) is 0 Å². The number of hydrogen-bond acceptors (Lipinski definition) is 5. The normalized spacial score (nSPS) is 15.8. The van der Waals surface area contributed by atoms with Crippen LogP contribution in [0.2, 0.25) is 0 Å². The van der Waals surface area contributed by atoms with Gasteiger partial charge in [0.2, 0.25) is 5.75 Å². The topological polar surface area (TPSA) is 80.9 Å². The molecule has 158 valence electrons. The molecule has 1 aliphatic rings. The number of benzene rings is 2. The van der Waals surface area contributed by atoms with E-state index in [1.807, 2.05) is 0 Å². The van der Waals surface area contributed by atoms with Crippen molar-refractivity contribution >= 4 is 28.9 Å². The number of nitrogens with one attached hydrogen (secondary N) is 3. The van der Waals surface area contributed by atoms with Gasteiger partial charge in [0.25, 0.3) is 5.91 Å². The van der Waals surface area contributed by atoms with Crippen molar-refractivity contribution in [3.63, 3.8) is 0 Å². The Hall–Kier alpha value is -3.33. The maximum Gasteiger partial charge on any atom is 0.255 e. The standard InChI is InChI=1S/C21H22FN3O4S/c1-11-17(20(26)24-14-8-6-5-7-13(14)22)18(25-21(30)23-11)12-9-15(27-2)19(29-4)16(10-12)28-3/h5-10,18H,1-4H3,(H,24,26)(H2,23,25,30)/t18-/m0/s1. The molecule has 0 bridgehead atoms. The van der Waals surface area contributed by atoms with E-state index in [0.29, 0.717) is 39.2 Å². The smallest absolute Gasteiger partial charge is 0.255 e. The highest BCUT2D eigenvalue weighted by atomic mass is 32.1. The molecule has 7 nitrogen and oxygen atoms in total. The summed E-state index contributed by atoms with van der Waals surface area (Å²) in [6.07, 6.45) is 0. The highest BCUT2D eigenvalue weighted by molar-refractivity contribution is 7.80. The van der Waals surface area contributed by atoms with E-state index < -0.39 is 17.8 Å². The molecule has 0 radical (unpaired) electrons. The molecule has 1 amide bonds. The molecule has 2 aromatic rings. The first-order valence-corrected chi connectivity index (χ1v) is 9.44. The van der Waals surface area contributed by atoms with Crippen LogP contribution in [0.15, 0.2) is 47.7 Å². The second-order valence-corrected chi connectivity index (χ2v) is 6.87. The number of rotatable bonds is 6. The molecule has 3 N–H and O–H groups in total. The quantitative estimate of drug-likeness (QED) is 0.606. The van der Waals surface area contributed by atoms with Gasteiger partial charge < -0.3 is 30.2 Å². The highest BCUT2D eigenvalue weighted by Gasteiger charge is 2.31. The van der Waals surface area contributed by atoms with Crippen molar-refractivity contribution in [1.82, 2.24) is 10.6 Å². The first kappa shape index (κ1) is 21.4. The zero-order valence-electron chi connectivity index (χ0n) is 17.0. The van der Waals surface area contributed by atoms with Gasteiger partial charge >= 0.3 is 0 Å². The number of halogens is 1. The summed E-state index contributed by atoms with van der Waals surface area (Å²) in [6.45, 7) is 1.73.